The molecule has 0 aliphatic carbocycles. The highest BCUT2D eigenvalue weighted by molar-refractivity contribution is 5.85. The van der Waals surface area contributed by atoms with E-state index in [1.807, 2.05) is 0 Å². The molecule has 13 heteroatoms. The van der Waals surface area contributed by atoms with Crippen LogP contribution in [-0.4, -0.2) is 39.1 Å². The number of halogens is 7. The molecule has 31 heavy (non-hydrogen) atoms. The Bertz CT molecular complexity index is 901. The molecular formula is C18H18ClF6N5O. The largest absolute Gasteiger partial charge is 0.451 e. The summed E-state index contributed by atoms with van der Waals surface area (Å²) in [6.45, 7) is 1.30. The third-order valence-corrected chi connectivity index (χ3v) is 4.70. The number of nitrogens with one attached hydrogen (secondary N) is 2. The van der Waals surface area contributed by atoms with Crippen molar-refractivity contribution in [3.05, 3.63) is 41.6 Å². The average molecular weight is 470 g/mol. The van der Waals surface area contributed by atoms with Gasteiger partial charge in [0.2, 0.25) is 11.7 Å². The number of pyridine rings is 1. The van der Waals surface area contributed by atoms with Gasteiger partial charge in [-0.05, 0) is 18.6 Å². The van der Waals surface area contributed by atoms with Crippen LogP contribution in [0.15, 0.2) is 24.7 Å². The number of nitrogens with zero attached hydrogens (tertiary/aromatic N) is 3. The van der Waals surface area contributed by atoms with Crippen LogP contribution in [-0.2, 0) is 17.5 Å². The molecule has 0 bridgehead atoms. The van der Waals surface area contributed by atoms with Gasteiger partial charge >= 0.3 is 6.18 Å². The van der Waals surface area contributed by atoms with Crippen molar-refractivity contribution in [2.24, 2.45) is 0 Å². The van der Waals surface area contributed by atoms with Crippen molar-refractivity contribution in [2.45, 2.75) is 50.7 Å². The highest BCUT2D eigenvalue weighted by atomic mass is 35.5. The van der Waals surface area contributed by atoms with Crippen molar-refractivity contribution in [1.82, 2.24) is 25.6 Å². The average Bonchev–Trinajstić information content (AvgIpc) is 3.04. The number of rotatable bonds is 5. The fourth-order valence-electron chi connectivity index (χ4n) is 3.03. The first-order valence-corrected chi connectivity index (χ1v) is 8.90. The van der Waals surface area contributed by atoms with Crippen LogP contribution in [0.3, 0.4) is 0 Å². The minimum Gasteiger partial charge on any atom is -0.351 e. The number of aromatic nitrogens is 3. The van der Waals surface area contributed by atoms with Crippen molar-refractivity contribution in [3.63, 3.8) is 0 Å². The molecule has 1 saturated heterocycles. The summed E-state index contributed by atoms with van der Waals surface area (Å²) >= 11 is 0. The quantitative estimate of drug-likeness (QED) is 0.654. The summed E-state index contributed by atoms with van der Waals surface area (Å²) in [4.78, 5) is 22.5. The lowest BCUT2D eigenvalue weighted by Crippen LogP contribution is -2.42. The third kappa shape index (κ3) is 5.82. The predicted octanol–water partition coefficient (Wildman–Crippen LogP) is 3.62. The molecule has 1 aliphatic heterocycles. The monoisotopic (exact) mass is 469 g/mol. The van der Waals surface area contributed by atoms with E-state index in [1.165, 1.54) is 6.07 Å². The van der Waals surface area contributed by atoms with Gasteiger partial charge in [-0.1, -0.05) is 0 Å². The Kier molecular flexibility index (Phi) is 7.82. The van der Waals surface area contributed by atoms with E-state index in [2.05, 4.69) is 25.6 Å². The molecule has 0 aromatic carbocycles. The maximum atomic E-state index is 13.6. The van der Waals surface area contributed by atoms with Crippen LogP contribution in [0.1, 0.15) is 36.7 Å². The van der Waals surface area contributed by atoms with Gasteiger partial charge < -0.3 is 10.6 Å². The van der Waals surface area contributed by atoms with Crippen molar-refractivity contribution in [2.75, 3.05) is 0 Å². The first-order valence-electron chi connectivity index (χ1n) is 8.90. The van der Waals surface area contributed by atoms with Gasteiger partial charge in [0.1, 0.15) is 6.17 Å². The van der Waals surface area contributed by atoms with Crippen LogP contribution in [0.2, 0.25) is 0 Å². The zero-order valence-electron chi connectivity index (χ0n) is 16.0. The molecule has 2 aromatic rings. The summed E-state index contributed by atoms with van der Waals surface area (Å²) in [7, 11) is 0. The molecule has 3 unspecified atom stereocenters. The summed E-state index contributed by atoms with van der Waals surface area (Å²) in [5.41, 5.74) is -0.272. The standard InChI is InChI=1S/C18H17F6N5O.ClH/c1-8-12(19)3-14(29-8)16(30)26-4-9-2-13(25-7-11(9)15(20)21)10-5-27-17(28-6-10)18(22,23)24;/h2,5-8,12,14-15,29H,3-4H2,1H3,(H,26,30);1H. The Morgan fingerprint density at radius 3 is 2.39 bits per heavy atom. The smallest absolute Gasteiger partial charge is 0.351 e. The SMILES string of the molecule is CC1NC(C(=O)NCc2cc(-c3cnc(C(F)(F)F)nc3)ncc2C(F)F)CC1F.Cl. The summed E-state index contributed by atoms with van der Waals surface area (Å²) in [5.74, 6) is -1.88. The maximum absolute atomic E-state index is 13.6. The van der Waals surface area contributed by atoms with Crippen molar-refractivity contribution < 1.29 is 31.1 Å². The molecule has 3 atom stereocenters. The summed E-state index contributed by atoms with van der Waals surface area (Å²) in [5, 5.41) is 5.25. The van der Waals surface area contributed by atoms with Gasteiger partial charge in [-0.25, -0.2) is 23.1 Å². The van der Waals surface area contributed by atoms with Crippen LogP contribution >= 0.6 is 12.4 Å². The fourth-order valence-corrected chi connectivity index (χ4v) is 3.03. The van der Waals surface area contributed by atoms with E-state index in [0.717, 1.165) is 18.6 Å². The highest BCUT2D eigenvalue weighted by Gasteiger charge is 2.35. The van der Waals surface area contributed by atoms with Crippen molar-refractivity contribution in [1.29, 1.82) is 0 Å². The molecule has 0 saturated carbocycles. The third-order valence-electron chi connectivity index (χ3n) is 4.70. The Morgan fingerprint density at radius 2 is 1.87 bits per heavy atom. The molecule has 1 aliphatic rings. The summed E-state index contributed by atoms with van der Waals surface area (Å²) < 4.78 is 78.0. The van der Waals surface area contributed by atoms with Crippen LogP contribution in [0.4, 0.5) is 26.3 Å². The predicted molar refractivity (Wildman–Crippen MR) is 100 cm³/mol. The second kappa shape index (κ2) is 9.77. The van der Waals surface area contributed by atoms with E-state index in [4.69, 9.17) is 0 Å². The Hall–Kier alpha value is -2.47. The number of alkyl halides is 6. The first kappa shape index (κ1) is 24.8. The van der Waals surface area contributed by atoms with Gasteiger partial charge in [-0.2, -0.15) is 13.2 Å². The Balaban J connectivity index is 0.00000341. The van der Waals surface area contributed by atoms with E-state index < -0.39 is 48.2 Å². The molecule has 3 rings (SSSR count). The second-order valence-corrected chi connectivity index (χ2v) is 6.84. The summed E-state index contributed by atoms with van der Waals surface area (Å²) in [6, 6.07) is -0.0599. The number of carbonyl (C=O) groups excluding carboxylic acids is 1. The van der Waals surface area contributed by atoms with Crippen LogP contribution in [0.5, 0.6) is 0 Å². The van der Waals surface area contributed by atoms with E-state index in [9.17, 15) is 31.1 Å². The molecule has 1 fully saturated rings. The van der Waals surface area contributed by atoms with Gasteiger partial charge in [-0.15, -0.1) is 12.4 Å². The Morgan fingerprint density at radius 1 is 1.23 bits per heavy atom. The van der Waals surface area contributed by atoms with Gasteiger partial charge in [0.05, 0.1) is 11.7 Å². The van der Waals surface area contributed by atoms with Crippen LogP contribution < -0.4 is 10.6 Å². The van der Waals surface area contributed by atoms with E-state index in [1.54, 1.807) is 6.92 Å². The van der Waals surface area contributed by atoms with Gasteiger partial charge in [-0.3, -0.25) is 9.78 Å². The van der Waals surface area contributed by atoms with E-state index in [-0.39, 0.29) is 42.2 Å². The highest BCUT2D eigenvalue weighted by Crippen LogP contribution is 2.29. The zero-order chi connectivity index (χ0) is 22.1. The van der Waals surface area contributed by atoms with Gasteiger partial charge in [0.25, 0.3) is 6.43 Å². The lowest BCUT2D eigenvalue weighted by molar-refractivity contribution is -0.145. The fraction of sp³-hybridized carbons (Fsp3) is 0.444. The molecule has 0 spiro atoms. The maximum Gasteiger partial charge on any atom is 0.451 e. The number of hydrogen-bond donors (Lipinski definition) is 2. The molecule has 1 amide bonds. The molecule has 3 heterocycles. The van der Waals surface area contributed by atoms with E-state index >= 15 is 0 Å². The lowest BCUT2D eigenvalue weighted by atomic mass is 10.1. The molecule has 2 aromatic heterocycles. The summed E-state index contributed by atoms with van der Waals surface area (Å²) in [6.07, 6.45) is -6.18. The Labute approximate surface area is 179 Å². The first-order chi connectivity index (χ1) is 14.1. The van der Waals surface area contributed by atoms with Gasteiger partial charge in [0.15, 0.2) is 0 Å². The van der Waals surface area contributed by atoms with E-state index in [0.29, 0.717) is 0 Å². The lowest BCUT2D eigenvalue weighted by Gasteiger charge is -2.15. The van der Waals surface area contributed by atoms with Crippen LogP contribution in [0.25, 0.3) is 11.3 Å². The second-order valence-electron chi connectivity index (χ2n) is 6.84. The molecule has 2 N–H and O–H groups in total. The molecule has 0 radical (unpaired) electrons. The number of hydrogen-bond acceptors (Lipinski definition) is 5. The molecule has 6 nitrogen and oxygen atoms in total. The minimum atomic E-state index is -4.72. The normalized spacial score (nSPS) is 21.1. The minimum absolute atomic E-state index is 0. The number of carbonyl (C=O) groups is 1. The van der Waals surface area contributed by atoms with Gasteiger partial charge in [0, 0.05) is 48.7 Å². The van der Waals surface area contributed by atoms with Crippen molar-refractivity contribution in [3.8, 4) is 11.3 Å². The molecular weight excluding hydrogens is 452 g/mol. The topological polar surface area (TPSA) is 79.8 Å². The van der Waals surface area contributed by atoms with Crippen LogP contribution in [0, 0.1) is 0 Å². The zero-order valence-corrected chi connectivity index (χ0v) is 16.8. The molecule has 170 valence electrons. The number of amides is 1. The van der Waals surface area contributed by atoms with Crippen molar-refractivity contribution >= 4 is 18.3 Å².